The molecule has 2 nitrogen and oxygen atoms in total. The summed E-state index contributed by atoms with van der Waals surface area (Å²) in [5.74, 6) is 0. The Hall–Kier alpha value is -1.35. The molecule has 2 aromatic carbocycles. The van der Waals surface area contributed by atoms with Crippen molar-refractivity contribution in [3.8, 4) is 0 Å². The average Bonchev–Trinajstić information content (AvgIpc) is 2.74. The molecule has 1 atom stereocenters. The highest BCUT2D eigenvalue weighted by molar-refractivity contribution is 6.30. The quantitative estimate of drug-likeness (QED) is 0.853. The largest absolute Gasteiger partial charge is 0.304 e. The third-order valence-electron chi connectivity index (χ3n) is 2.94. The van der Waals surface area contributed by atoms with Crippen molar-refractivity contribution in [1.82, 2.24) is 9.80 Å². The van der Waals surface area contributed by atoms with Crippen LogP contribution in [0.5, 0.6) is 0 Å². The lowest BCUT2D eigenvalue weighted by Crippen LogP contribution is -2.46. The van der Waals surface area contributed by atoms with Gasteiger partial charge in [-0.2, -0.15) is 0 Å². The van der Waals surface area contributed by atoms with E-state index >= 15 is 0 Å². The second kappa shape index (κ2) is 6.61. The summed E-state index contributed by atoms with van der Waals surface area (Å²) in [6.07, 6.45) is 0. The molecule has 0 saturated carbocycles. The summed E-state index contributed by atoms with van der Waals surface area (Å²) in [4.78, 5) is 0.670. The van der Waals surface area contributed by atoms with Gasteiger partial charge in [-0.15, -0.1) is 0 Å². The van der Waals surface area contributed by atoms with Crippen LogP contribution in [0.25, 0.3) is 0 Å². The smallest absolute Gasteiger partial charge is 0.0639 e. The number of rotatable bonds is 3. The average molecular weight is 313 g/mol. The Morgan fingerprint density at radius 1 is 1.00 bits per heavy atom. The number of likely N-dealkylation sites (N-methyl/N-ethyl adjacent to an activating group) is 1. The molecule has 0 aromatic heterocycles. The van der Waals surface area contributed by atoms with Crippen LogP contribution in [-0.4, -0.2) is 42.8 Å². The Morgan fingerprint density at radius 2 is 1.62 bits per heavy atom. The summed E-state index contributed by atoms with van der Waals surface area (Å²) in [7, 11) is 0.933. The van der Waals surface area contributed by atoms with Crippen molar-refractivity contribution in [2.24, 2.45) is 0 Å². The van der Waals surface area contributed by atoms with Crippen molar-refractivity contribution in [1.29, 1.82) is 0 Å². The van der Waals surface area contributed by atoms with E-state index in [1.165, 1.54) is 24.3 Å². The van der Waals surface area contributed by atoms with Gasteiger partial charge in [0.1, 0.15) is 0 Å². The Bertz CT molecular complexity index is 1020. The Morgan fingerprint density at radius 3 is 2.24 bits per heavy atom. The summed E-state index contributed by atoms with van der Waals surface area (Å²) in [5.41, 5.74) is -0.339. The molecule has 3 rings (SSSR count). The third-order valence-corrected chi connectivity index (χ3v) is 3.13. The number of benzene rings is 2. The first kappa shape index (κ1) is 6.04. The van der Waals surface area contributed by atoms with Crippen LogP contribution in [0.3, 0.4) is 0 Å². The van der Waals surface area contributed by atoms with Crippen LogP contribution < -0.4 is 0 Å². The van der Waals surface area contributed by atoms with E-state index in [0.29, 0.717) is 9.80 Å². The van der Waals surface area contributed by atoms with Gasteiger partial charge in [-0.3, -0.25) is 4.90 Å². The Kier molecular flexibility index (Phi) is 1.90. The minimum Gasteiger partial charge on any atom is -0.304 e. The normalized spacial score (nSPS) is 36.5. The molecule has 0 amide bonds. The van der Waals surface area contributed by atoms with Crippen molar-refractivity contribution in [2.75, 3.05) is 33.0 Å². The van der Waals surface area contributed by atoms with Crippen molar-refractivity contribution >= 4 is 11.6 Å². The van der Waals surface area contributed by atoms with Crippen molar-refractivity contribution in [3.05, 3.63) is 70.7 Å². The van der Waals surface area contributed by atoms with Gasteiger partial charge in [0.15, 0.2) is 0 Å². The maximum atomic E-state index is 8.60. The molecule has 1 unspecified atom stereocenters. The molecule has 0 bridgehead atoms. The van der Waals surface area contributed by atoms with Crippen LogP contribution in [0.1, 0.15) is 33.6 Å². The molecule has 0 radical (unpaired) electrons. The highest BCUT2D eigenvalue weighted by Gasteiger charge is 2.25. The molecule has 1 aliphatic rings. The van der Waals surface area contributed by atoms with Crippen LogP contribution in [0.4, 0.5) is 0 Å². The van der Waals surface area contributed by atoms with Crippen LogP contribution >= 0.6 is 11.6 Å². The molecule has 0 N–H and O–H groups in total. The number of hydrogen-bond donors (Lipinski definition) is 0. The van der Waals surface area contributed by atoms with Crippen LogP contribution in [0, 0.1) is 0 Å². The SMILES string of the molecule is [2H]c1c([2H])c(C(c2ccccc2)N2C([2H])([2H])C([2H])([2H])N(C)C([2H])([2H])C2([2H])[2H])c([2H])c([2H])c1Cl. The standard InChI is InChI=1S/C18H21ClN2/c1-20-11-13-21(14-12-20)18(15-5-3-2-4-6-15)16-7-9-17(19)10-8-16/h2-10,18H,11-14H2,1H3/i7D,8D,9D,10D,11D2,12D2,13D2,14D2. The van der Waals surface area contributed by atoms with E-state index in [1.54, 1.807) is 6.07 Å². The van der Waals surface area contributed by atoms with Gasteiger partial charge in [-0.05, 0) is 30.3 Å². The van der Waals surface area contributed by atoms with Crippen molar-refractivity contribution in [3.63, 3.8) is 0 Å². The number of hydrogen-bond acceptors (Lipinski definition) is 2. The fourth-order valence-corrected chi connectivity index (χ4v) is 2.06. The van der Waals surface area contributed by atoms with E-state index in [1.807, 2.05) is 0 Å². The van der Waals surface area contributed by atoms with Gasteiger partial charge in [0.2, 0.25) is 0 Å². The van der Waals surface area contributed by atoms with Crippen molar-refractivity contribution in [2.45, 2.75) is 6.04 Å². The minimum atomic E-state index is -3.19. The van der Waals surface area contributed by atoms with Crippen LogP contribution in [0.15, 0.2) is 54.5 Å². The molecule has 1 saturated heterocycles. The molecular formula is C18H21ClN2. The molecule has 2 aromatic rings. The molecule has 3 heteroatoms. The molecule has 110 valence electrons. The van der Waals surface area contributed by atoms with Gasteiger partial charge in [-0.25, -0.2) is 0 Å². The first-order chi connectivity index (χ1) is 14.9. The third kappa shape index (κ3) is 3.46. The molecular weight excluding hydrogens is 280 g/mol. The van der Waals surface area contributed by atoms with Crippen molar-refractivity contribution < 1.29 is 16.4 Å². The fourth-order valence-electron chi connectivity index (χ4n) is 1.97. The van der Waals surface area contributed by atoms with Gasteiger partial charge >= 0.3 is 0 Å². The number of piperazine rings is 1. The Balaban J connectivity index is 2.48. The lowest BCUT2D eigenvalue weighted by atomic mass is 9.96. The van der Waals surface area contributed by atoms with E-state index in [4.69, 9.17) is 28.1 Å². The molecule has 1 aliphatic heterocycles. The zero-order valence-corrected chi connectivity index (χ0v) is 12.0. The molecule has 1 heterocycles. The predicted molar refractivity (Wildman–Crippen MR) is 88.8 cm³/mol. The molecule has 1 fully saturated rings. The second-order valence-corrected chi connectivity index (χ2v) is 4.80. The van der Waals surface area contributed by atoms with E-state index in [-0.39, 0.29) is 5.56 Å². The van der Waals surface area contributed by atoms with E-state index in [2.05, 4.69) is 0 Å². The molecule has 0 aliphatic carbocycles. The molecule has 21 heavy (non-hydrogen) atoms. The highest BCUT2D eigenvalue weighted by atomic mass is 35.5. The number of nitrogens with zero attached hydrogens (tertiary/aromatic N) is 2. The zero-order valence-electron chi connectivity index (χ0n) is 23.2. The Labute approximate surface area is 148 Å². The lowest BCUT2D eigenvalue weighted by Gasteiger charge is -2.38. The summed E-state index contributed by atoms with van der Waals surface area (Å²) >= 11 is 5.92. The van der Waals surface area contributed by atoms with Gasteiger partial charge in [-0.1, -0.05) is 54.0 Å². The summed E-state index contributed by atoms with van der Waals surface area (Å²) in [6.45, 7) is -12.5. The van der Waals surface area contributed by atoms with E-state index in [9.17, 15) is 0 Å². The molecule has 0 spiro atoms. The van der Waals surface area contributed by atoms with Gasteiger partial charge in [0.05, 0.1) is 11.5 Å². The number of halogens is 1. The fraction of sp³-hybridized carbons (Fsp3) is 0.333. The van der Waals surface area contributed by atoms with Gasteiger partial charge < -0.3 is 4.90 Å². The predicted octanol–water partition coefficient (Wildman–Crippen LogP) is 3.68. The van der Waals surface area contributed by atoms with Gasteiger partial charge in [0, 0.05) is 42.0 Å². The van der Waals surface area contributed by atoms with Gasteiger partial charge in [0.25, 0.3) is 0 Å². The van der Waals surface area contributed by atoms with Crippen LogP contribution in [0.2, 0.25) is 5.02 Å². The van der Waals surface area contributed by atoms with E-state index < -0.39 is 66.8 Å². The van der Waals surface area contributed by atoms with Crippen LogP contribution in [-0.2, 0) is 0 Å². The summed E-state index contributed by atoms with van der Waals surface area (Å²) < 4.78 is 101. The minimum absolute atomic E-state index is 0.115. The first-order valence-electron chi connectivity index (χ1n) is 12.3. The lowest BCUT2D eigenvalue weighted by molar-refractivity contribution is 0.127. The first-order valence-corrected chi connectivity index (χ1v) is 6.65. The highest BCUT2D eigenvalue weighted by Crippen LogP contribution is 2.30. The maximum absolute atomic E-state index is 8.60. The second-order valence-electron chi connectivity index (χ2n) is 4.42. The maximum Gasteiger partial charge on any atom is 0.0639 e. The summed E-state index contributed by atoms with van der Waals surface area (Å²) in [5, 5.41) is -0.476. The summed E-state index contributed by atoms with van der Waals surface area (Å²) in [6, 6.07) is 3.21. The van der Waals surface area contributed by atoms with E-state index in [0.717, 1.165) is 7.05 Å². The topological polar surface area (TPSA) is 6.48 Å². The zero-order chi connectivity index (χ0) is 25.3. The monoisotopic (exact) mass is 312 g/mol.